The van der Waals surface area contributed by atoms with Gasteiger partial charge in [0.1, 0.15) is 0 Å². The number of rotatable bonds is 7. The van der Waals surface area contributed by atoms with E-state index in [9.17, 15) is 4.79 Å². The van der Waals surface area contributed by atoms with Crippen LogP contribution in [0.5, 0.6) is 0 Å². The highest BCUT2D eigenvalue weighted by Gasteiger charge is 2.33. The summed E-state index contributed by atoms with van der Waals surface area (Å²) in [6.07, 6.45) is 6.04. The first-order chi connectivity index (χ1) is 10.7. The number of carbonyl (C=O) groups is 1. The number of hydrogen-bond acceptors (Lipinski definition) is 3. The first-order valence-electron chi connectivity index (χ1n) is 8.46. The van der Waals surface area contributed by atoms with Crippen LogP contribution in [0.3, 0.4) is 0 Å². The molecule has 1 aliphatic carbocycles. The van der Waals surface area contributed by atoms with E-state index < -0.39 is 5.97 Å². The number of carboxylic acids is 1. The molecule has 0 amide bonds. The van der Waals surface area contributed by atoms with Crippen molar-refractivity contribution in [3.05, 3.63) is 35.9 Å². The lowest BCUT2D eigenvalue weighted by molar-refractivity contribution is -0.138. The van der Waals surface area contributed by atoms with Gasteiger partial charge in [0.15, 0.2) is 0 Å². The fourth-order valence-electron chi connectivity index (χ4n) is 3.52. The van der Waals surface area contributed by atoms with E-state index in [-0.39, 0.29) is 6.54 Å². The fourth-order valence-corrected chi connectivity index (χ4v) is 3.52. The van der Waals surface area contributed by atoms with Gasteiger partial charge in [-0.1, -0.05) is 36.8 Å². The molecule has 4 nitrogen and oxygen atoms in total. The Morgan fingerprint density at radius 2 is 1.95 bits per heavy atom. The summed E-state index contributed by atoms with van der Waals surface area (Å²) in [4.78, 5) is 15.8. The fraction of sp³-hybridized carbons (Fsp3) is 0.611. The Balaban J connectivity index is 1.62. The van der Waals surface area contributed by atoms with Crippen LogP contribution in [0.1, 0.15) is 37.7 Å². The van der Waals surface area contributed by atoms with E-state index in [1.807, 2.05) is 0 Å². The summed E-state index contributed by atoms with van der Waals surface area (Å²) in [5, 5.41) is 9.14. The largest absolute Gasteiger partial charge is 0.480 e. The summed E-state index contributed by atoms with van der Waals surface area (Å²) in [5.74, 6) is -0.697. The molecule has 120 valence electrons. The number of hydrogen-bond donors (Lipinski definition) is 1. The second-order valence-corrected chi connectivity index (χ2v) is 6.66. The zero-order chi connectivity index (χ0) is 15.4. The zero-order valence-corrected chi connectivity index (χ0v) is 13.2. The van der Waals surface area contributed by atoms with Crippen LogP contribution >= 0.6 is 0 Å². The van der Waals surface area contributed by atoms with Gasteiger partial charge in [-0.3, -0.25) is 14.6 Å². The Morgan fingerprint density at radius 3 is 2.64 bits per heavy atom. The molecule has 3 rings (SSSR count). The third-order valence-corrected chi connectivity index (χ3v) is 4.82. The van der Waals surface area contributed by atoms with Gasteiger partial charge >= 0.3 is 5.97 Å². The second kappa shape index (κ2) is 7.25. The Bertz CT molecular complexity index is 487. The van der Waals surface area contributed by atoms with Gasteiger partial charge in [0.2, 0.25) is 0 Å². The topological polar surface area (TPSA) is 43.8 Å². The van der Waals surface area contributed by atoms with E-state index in [1.165, 1.54) is 37.7 Å². The lowest BCUT2D eigenvalue weighted by Crippen LogP contribution is -2.48. The number of benzene rings is 1. The summed E-state index contributed by atoms with van der Waals surface area (Å²) in [7, 11) is 0. The molecule has 1 saturated heterocycles. The number of likely N-dealkylation sites (tertiary alicyclic amines) is 1. The molecule has 2 fully saturated rings. The van der Waals surface area contributed by atoms with Gasteiger partial charge in [0.25, 0.3) is 0 Å². The van der Waals surface area contributed by atoms with E-state index >= 15 is 0 Å². The van der Waals surface area contributed by atoms with Crippen molar-refractivity contribution in [2.45, 2.75) is 50.7 Å². The van der Waals surface area contributed by atoms with Gasteiger partial charge in [-0.05, 0) is 37.8 Å². The van der Waals surface area contributed by atoms with E-state index in [0.29, 0.717) is 12.1 Å². The molecule has 0 bridgehead atoms. The number of carboxylic acid groups (broad SMARTS) is 1. The molecule has 0 unspecified atom stereocenters. The summed E-state index contributed by atoms with van der Waals surface area (Å²) in [5.41, 5.74) is 1.35. The van der Waals surface area contributed by atoms with Crippen LogP contribution in [0, 0.1) is 0 Å². The molecular formula is C18H26N2O2. The van der Waals surface area contributed by atoms with Crippen molar-refractivity contribution in [3.8, 4) is 0 Å². The third-order valence-electron chi connectivity index (χ3n) is 4.82. The quantitative estimate of drug-likeness (QED) is 0.841. The molecule has 22 heavy (non-hydrogen) atoms. The molecule has 1 N–H and O–H groups in total. The van der Waals surface area contributed by atoms with Gasteiger partial charge in [0, 0.05) is 25.2 Å². The number of aliphatic carboxylic acids is 1. The average molecular weight is 302 g/mol. The van der Waals surface area contributed by atoms with Crippen LogP contribution in [0.25, 0.3) is 0 Å². The smallest absolute Gasteiger partial charge is 0.317 e. The maximum Gasteiger partial charge on any atom is 0.317 e. The second-order valence-electron chi connectivity index (χ2n) is 6.66. The molecular weight excluding hydrogens is 276 g/mol. The van der Waals surface area contributed by atoms with Crippen LogP contribution in [-0.4, -0.2) is 52.6 Å². The van der Waals surface area contributed by atoms with Gasteiger partial charge in [0.05, 0.1) is 6.54 Å². The van der Waals surface area contributed by atoms with E-state index in [1.54, 1.807) is 0 Å². The molecule has 1 aromatic rings. The molecule has 4 heteroatoms. The van der Waals surface area contributed by atoms with Crippen molar-refractivity contribution in [3.63, 3.8) is 0 Å². The molecule has 1 atom stereocenters. The number of nitrogens with zero attached hydrogens (tertiary/aromatic N) is 2. The standard InChI is InChI=1S/C18H26N2O2/c21-18(22)14-20(16-9-10-16)13-17-8-4-5-11-19(17)12-15-6-2-1-3-7-15/h1-3,6-7,16-17H,4-5,8-14H2,(H,21,22)/t17-/m0/s1. The maximum absolute atomic E-state index is 11.1. The number of piperidine rings is 1. The van der Waals surface area contributed by atoms with Gasteiger partial charge < -0.3 is 5.11 Å². The van der Waals surface area contributed by atoms with Crippen molar-refractivity contribution >= 4 is 5.97 Å². The van der Waals surface area contributed by atoms with Gasteiger partial charge in [-0.15, -0.1) is 0 Å². The normalized spacial score (nSPS) is 22.9. The third kappa shape index (κ3) is 4.31. The van der Waals surface area contributed by atoms with Crippen molar-refractivity contribution in [1.82, 2.24) is 9.80 Å². The molecule has 1 aromatic carbocycles. The molecule has 0 radical (unpaired) electrons. The average Bonchev–Trinajstić information content (AvgIpc) is 3.34. The highest BCUT2D eigenvalue weighted by atomic mass is 16.4. The summed E-state index contributed by atoms with van der Waals surface area (Å²) in [6.45, 7) is 3.21. The van der Waals surface area contributed by atoms with Crippen LogP contribution in [0.4, 0.5) is 0 Å². The van der Waals surface area contributed by atoms with E-state index in [0.717, 1.165) is 19.6 Å². The van der Waals surface area contributed by atoms with Gasteiger partial charge in [-0.25, -0.2) is 0 Å². The molecule has 1 aliphatic heterocycles. The Morgan fingerprint density at radius 1 is 1.18 bits per heavy atom. The lowest BCUT2D eigenvalue weighted by atomic mass is 10.0. The summed E-state index contributed by atoms with van der Waals surface area (Å²) < 4.78 is 0. The lowest BCUT2D eigenvalue weighted by Gasteiger charge is -2.38. The summed E-state index contributed by atoms with van der Waals surface area (Å²) >= 11 is 0. The van der Waals surface area contributed by atoms with Crippen molar-refractivity contribution in [2.75, 3.05) is 19.6 Å². The Labute approximate surface area is 132 Å². The minimum Gasteiger partial charge on any atom is -0.480 e. The highest BCUT2D eigenvalue weighted by Crippen LogP contribution is 2.29. The molecule has 1 heterocycles. The molecule has 0 aromatic heterocycles. The van der Waals surface area contributed by atoms with Crippen molar-refractivity contribution in [2.24, 2.45) is 0 Å². The van der Waals surface area contributed by atoms with E-state index in [2.05, 4.69) is 40.1 Å². The first kappa shape index (κ1) is 15.5. The minimum atomic E-state index is -0.697. The monoisotopic (exact) mass is 302 g/mol. The van der Waals surface area contributed by atoms with Crippen LogP contribution in [0.2, 0.25) is 0 Å². The molecule has 1 saturated carbocycles. The van der Waals surface area contributed by atoms with E-state index in [4.69, 9.17) is 5.11 Å². The van der Waals surface area contributed by atoms with Crippen molar-refractivity contribution < 1.29 is 9.90 Å². The predicted octanol–water partition coefficient (Wildman–Crippen LogP) is 2.59. The maximum atomic E-state index is 11.1. The van der Waals surface area contributed by atoms with Crippen molar-refractivity contribution in [1.29, 1.82) is 0 Å². The molecule has 2 aliphatic rings. The minimum absolute atomic E-state index is 0.195. The Kier molecular flexibility index (Phi) is 5.11. The zero-order valence-electron chi connectivity index (χ0n) is 13.2. The van der Waals surface area contributed by atoms with Gasteiger partial charge in [-0.2, -0.15) is 0 Å². The molecule has 0 spiro atoms. The van der Waals surface area contributed by atoms with Crippen LogP contribution < -0.4 is 0 Å². The highest BCUT2D eigenvalue weighted by molar-refractivity contribution is 5.69. The predicted molar refractivity (Wildman–Crippen MR) is 86.7 cm³/mol. The summed E-state index contributed by atoms with van der Waals surface area (Å²) in [6, 6.07) is 11.6. The Hall–Kier alpha value is -1.39. The van der Waals surface area contributed by atoms with Crippen LogP contribution in [-0.2, 0) is 11.3 Å². The first-order valence-corrected chi connectivity index (χ1v) is 8.46. The SMILES string of the molecule is O=C(O)CN(C[C@@H]1CCCCN1Cc1ccccc1)C1CC1. The van der Waals surface area contributed by atoms with Crippen LogP contribution in [0.15, 0.2) is 30.3 Å².